The summed E-state index contributed by atoms with van der Waals surface area (Å²) in [5.74, 6) is -0.758. The lowest BCUT2D eigenvalue weighted by atomic mass is 10.1. The van der Waals surface area contributed by atoms with Gasteiger partial charge in [-0.15, -0.1) is 0 Å². The Labute approximate surface area is 95.3 Å². The maximum absolute atomic E-state index is 11.4. The van der Waals surface area contributed by atoms with Gasteiger partial charge in [0.05, 0.1) is 0 Å². The van der Waals surface area contributed by atoms with Crippen molar-refractivity contribution < 1.29 is 14.3 Å². The van der Waals surface area contributed by atoms with Crippen LogP contribution in [0.15, 0.2) is 0 Å². The van der Waals surface area contributed by atoms with Gasteiger partial charge in [0.1, 0.15) is 11.6 Å². The van der Waals surface area contributed by atoms with Crippen LogP contribution in [-0.2, 0) is 14.3 Å². The second kappa shape index (κ2) is 5.97. The summed E-state index contributed by atoms with van der Waals surface area (Å²) >= 11 is 3.58. The fraction of sp³-hybridized carbons (Fsp3) is 0.778. The second-order valence-electron chi connectivity index (χ2n) is 4.21. The van der Waals surface area contributed by atoms with Crippen LogP contribution in [0.3, 0.4) is 0 Å². The number of amides is 1. The summed E-state index contributed by atoms with van der Waals surface area (Å²) in [5, 5.41) is 0. The zero-order chi connectivity index (χ0) is 12.1. The van der Waals surface area contributed by atoms with E-state index in [1.165, 1.54) is 0 Å². The van der Waals surface area contributed by atoms with E-state index in [0.717, 1.165) is 0 Å². The molecule has 0 saturated heterocycles. The molecule has 0 aromatic rings. The van der Waals surface area contributed by atoms with Gasteiger partial charge in [-0.3, -0.25) is 9.59 Å². The van der Waals surface area contributed by atoms with Crippen LogP contribution in [0.5, 0.6) is 0 Å². The minimum absolute atomic E-state index is 0.157. The van der Waals surface area contributed by atoms with Gasteiger partial charge in [-0.05, 0) is 27.2 Å². The highest BCUT2D eigenvalue weighted by Crippen LogP contribution is 2.09. The van der Waals surface area contributed by atoms with Crippen molar-refractivity contribution >= 4 is 24.7 Å². The van der Waals surface area contributed by atoms with Crippen LogP contribution in [-0.4, -0.2) is 23.5 Å². The molecular weight excluding hydrogens is 216 g/mol. The highest BCUT2D eigenvalue weighted by Gasteiger charge is 2.22. The number of rotatable bonds is 4. The van der Waals surface area contributed by atoms with E-state index < -0.39 is 17.6 Å². The van der Waals surface area contributed by atoms with E-state index >= 15 is 0 Å². The Morgan fingerprint density at radius 1 is 1.47 bits per heavy atom. The first-order chi connectivity index (χ1) is 6.76. The quantitative estimate of drug-likeness (QED) is 0.486. The van der Waals surface area contributed by atoms with Gasteiger partial charge >= 0.3 is 5.97 Å². The summed E-state index contributed by atoms with van der Waals surface area (Å²) in [6, 6.07) is -0.769. The Kier molecular flexibility index (Phi) is 5.67. The average Bonchev–Trinajstić information content (AvgIpc) is 2.10. The summed E-state index contributed by atoms with van der Waals surface area (Å²) in [6.45, 7) is 5.29. The highest BCUT2D eigenvalue weighted by molar-refractivity contribution is 7.78. The molecule has 6 heteroatoms. The van der Waals surface area contributed by atoms with Crippen molar-refractivity contribution in [1.82, 2.24) is 4.72 Å². The number of thiol groups is 1. The summed E-state index contributed by atoms with van der Waals surface area (Å²) in [6.07, 6.45) is 0.408. The van der Waals surface area contributed by atoms with Crippen LogP contribution >= 0.6 is 12.8 Å². The molecule has 3 N–H and O–H groups in total. The van der Waals surface area contributed by atoms with E-state index in [-0.39, 0.29) is 18.7 Å². The maximum atomic E-state index is 11.4. The van der Waals surface area contributed by atoms with E-state index in [9.17, 15) is 9.59 Å². The molecule has 1 atom stereocenters. The Balaban J connectivity index is 3.95. The molecule has 0 saturated carbocycles. The number of carbonyl (C=O) groups is 2. The second-order valence-corrected chi connectivity index (χ2v) is 4.44. The smallest absolute Gasteiger partial charge is 0.323 e. The van der Waals surface area contributed by atoms with Crippen molar-refractivity contribution in [3.05, 3.63) is 0 Å². The van der Waals surface area contributed by atoms with Crippen LogP contribution in [0, 0.1) is 0 Å². The molecule has 0 rings (SSSR count). The van der Waals surface area contributed by atoms with Gasteiger partial charge in [0.2, 0.25) is 5.91 Å². The first-order valence-electron chi connectivity index (χ1n) is 4.67. The third kappa shape index (κ3) is 7.21. The molecule has 1 amide bonds. The molecule has 0 bridgehead atoms. The number of hydrogen-bond donors (Lipinski definition) is 3. The van der Waals surface area contributed by atoms with Crippen molar-refractivity contribution in [2.24, 2.45) is 5.73 Å². The van der Waals surface area contributed by atoms with Gasteiger partial charge in [-0.25, -0.2) is 0 Å². The fourth-order valence-corrected chi connectivity index (χ4v) is 0.950. The number of esters is 1. The van der Waals surface area contributed by atoms with Gasteiger partial charge in [0.25, 0.3) is 0 Å². The number of hydrogen-bond acceptors (Lipinski definition) is 5. The van der Waals surface area contributed by atoms with Crippen molar-refractivity contribution in [3.63, 3.8) is 0 Å². The number of carbonyl (C=O) groups excluding carboxylic acids is 2. The van der Waals surface area contributed by atoms with E-state index in [1.54, 1.807) is 20.8 Å². The zero-order valence-corrected chi connectivity index (χ0v) is 10.1. The van der Waals surface area contributed by atoms with Gasteiger partial charge in [-0.2, -0.15) is 0 Å². The van der Waals surface area contributed by atoms with E-state index in [2.05, 4.69) is 17.5 Å². The molecule has 0 aliphatic heterocycles. The highest BCUT2D eigenvalue weighted by atomic mass is 32.1. The molecule has 0 heterocycles. The molecule has 5 nitrogen and oxygen atoms in total. The largest absolute Gasteiger partial charge is 0.459 e. The SMILES string of the molecule is CC(C)(C)OC(=O)C(N)CCC(=O)NS. The van der Waals surface area contributed by atoms with Gasteiger partial charge in [0, 0.05) is 6.42 Å². The first kappa shape index (κ1) is 14.2. The molecule has 0 aromatic carbocycles. The number of nitrogens with one attached hydrogen (secondary N) is 1. The maximum Gasteiger partial charge on any atom is 0.323 e. The average molecular weight is 234 g/mol. The lowest BCUT2D eigenvalue weighted by Gasteiger charge is -2.21. The van der Waals surface area contributed by atoms with Crippen LogP contribution in [0.2, 0.25) is 0 Å². The Morgan fingerprint density at radius 3 is 2.40 bits per heavy atom. The van der Waals surface area contributed by atoms with Gasteiger partial charge in [-0.1, -0.05) is 12.8 Å². The summed E-state index contributed by atoms with van der Waals surface area (Å²) in [5.41, 5.74) is 4.99. The van der Waals surface area contributed by atoms with Crippen molar-refractivity contribution in [2.45, 2.75) is 45.3 Å². The predicted octanol–water partition coefficient (Wildman–Crippen LogP) is 0.397. The summed E-state index contributed by atoms with van der Waals surface area (Å²) in [4.78, 5) is 22.2. The molecular formula is C9H18N2O3S. The molecule has 0 aliphatic carbocycles. The Bertz CT molecular complexity index is 238. The molecule has 0 fully saturated rings. The van der Waals surface area contributed by atoms with Crippen LogP contribution in [0.25, 0.3) is 0 Å². The fourth-order valence-electron chi connectivity index (χ4n) is 0.838. The molecule has 0 aliphatic rings. The Morgan fingerprint density at radius 2 is 2.00 bits per heavy atom. The van der Waals surface area contributed by atoms with E-state index in [4.69, 9.17) is 10.5 Å². The van der Waals surface area contributed by atoms with Crippen LogP contribution < -0.4 is 10.5 Å². The molecule has 1 unspecified atom stereocenters. The predicted molar refractivity (Wildman–Crippen MR) is 60.2 cm³/mol. The van der Waals surface area contributed by atoms with Crippen molar-refractivity contribution in [2.75, 3.05) is 0 Å². The molecule has 0 aromatic heterocycles. The third-order valence-corrected chi connectivity index (χ3v) is 1.77. The minimum atomic E-state index is -0.769. The van der Waals surface area contributed by atoms with Crippen LogP contribution in [0.4, 0.5) is 0 Å². The molecule has 0 spiro atoms. The lowest BCUT2D eigenvalue weighted by molar-refractivity contribution is -0.156. The molecule has 88 valence electrons. The summed E-state index contributed by atoms with van der Waals surface area (Å²) in [7, 11) is 0. The Hall–Kier alpha value is -0.750. The van der Waals surface area contributed by atoms with E-state index in [0.29, 0.717) is 0 Å². The molecule has 0 radical (unpaired) electrons. The van der Waals surface area contributed by atoms with Crippen molar-refractivity contribution in [1.29, 1.82) is 0 Å². The molecule has 15 heavy (non-hydrogen) atoms. The minimum Gasteiger partial charge on any atom is -0.459 e. The van der Waals surface area contributed by atoms with Crippen LogP contribution in [0.1, 0.15) is 33.6 Å². The third-order valence-electron chi connectivity index (χ3n) is 1.52. The van der Waals surface area contributed by atoms with Gasteiger partial charge < -0.3 is 15.2 Å². The van der Waals surface area contributed by atoms with Crippen molar-refractivity contribution in [3.8, 4) is 0 Å². The monoisotopic (exact) mass is 234 g/mol. The zero-order valence-electron chi connectivity index (χ0n) is 9.24. The summed E-state index contributed by atoms with van der Waals surface area (Å²) < 4.78 is 7.21. The lowest BCUT2D eigenvalue weighted by Crippen LogP contribution is -2.38. The normalized spacial score (nSPS) is 13.1. The first-order valence-corrected chi connectivity index (χ1v) is 5.12. The topological polar surface area (TPSA) is 81.4 Å². The van der Waals surface area contributed by atoms with E-state index in [1.807, 2.05) is 0 Å². The van der Waals surface area contributed by atoms with Gasteiger partial charge in [0.15, 0.2) is 0 Å². The number of ether oxygens (including phenoxy) is 1. The standard InChI is InChI=1S/C9H18N2O3S/c1-9(2,3)14-8(13)6(10)4-5-7(12)11-15/h6,15H,4-5,10H2,1-3H3,(H,11,12). The number of nitrogens with two attached hydrogens (primary N) is 1.